The molecular formula is C18H23ClN4O3. The molecular weight excluding hydrogens is 356 g/mol. The van der Waals surface area contributed by atoms with Crippen LogP contribution >= 0.6 is 11.6 Å². The Labute approximate surface area is 157 Å². The fourth-order valence-electron chi connectivity index (χ4n) is 2.88. The lowest BCUT2D eigenvalue weighted by atomic mass is 9.97. The van der Waals surface area contributed by atoms with E-state index in [2.05, 4.69) is 9.97 Å². The number of nitrogens with two attached hydrogens (primary N) is 1. The molecule has 1 aliphatic rings. The molecule has 0 aliphatic carbocycles. The molecule has 0 aromatic carbocycles. The number of ether oxygens (including phenoxy) is 1. The van der Waals surface area contributed by atoms with Crippen LogP contribution in [0.5, 0.6) is 0 Å². The third kappa shape index (κ3) is 4.27. The molecule has 1 amide bonds. The van der Waals surface area contributed by atoms with Crippen molar-refractivity contribution in [1.82, 2.24) is 14.9 Å². The highest BCUT2D eigenvalue weighted by atomic mass is 35.5. The Morgan fingerprint density at radius 2 is 2.00 bits per heavy atom. The first-order valence-electron chi connectivity index (χ1n) is 8.58. The molecule has 140 valence electrons. The lowest BCUT2D eigenvalue weighted by Crippen LogP contribution is -2.41. The van der Waals surface area contributed by atoms with Crippen molar-refractivity contribution in [2.45, 2.75) is 45.1 Å². The zero-order valence-corrected chi connectivity index (χ0v) is 15.9. The Hall–Kier alpha value is -2.28. The first-order valence-corrected chi connectivity index (χ1v) is 8.96. The fourth-order valence-corrected chi connectivity index (χ4v) is 3.08. The van der Waals surface area contributed by atoms with Gasteiger partial charge in [-0.1, -0.05) is 11.6 Å². The van der Waals surface area contributed by atoms with Gasteiger partial charge in [-0.05, 0) is 39.7 Å². The second-order valence-electron chi connectivity index (χ2n) is 7.39. The van der Waals surface area contributed by atoms with Crippen LogP contribution in [0.25, 0.3) is 11.3 Å². The Morgan fingerprint density at radius 3 is 2.65 bits per heavy atom. The van der Waals surface area contributed by atoms with Gasteiger partial charge in [0, 0.05) is 30.8 Å². The lowest BCUT2D eigenvalue weighted by molar-refractivity contribution is 0.0199. The number of carbonyl (C=O) groups is 1. The third-order valence-corrected chi connectivity index (χ3v) is 4.46. The molecule has 0 spiro atoms. The average Bonchev–Trinajstić information content (AvgIpc) is 3.05. The second-order valence-corrected chi connectivity index (χ2v) is 7.80. The van der Waals surface area contributed by atoms with E-state index < -0.39 is 5.60 Å². The number of aromatic nitrogens is 2. The molecule has 2 N–H and O–H groups in total. The summed E-state index contributed by atoms with van der Waals surface area (Å²) < 4.78 is 11.3. The van der Waals surface area contributed by atoms with Crippen molar-refractivity contribution in [3.63, 3.8) is 0 Å². The number of anilines is 1. The molecule has 2 aromatic heterocycles. The molecule has 0 bridgehead atoms. The lowest BCUT2D eigenvalue weighted by Gasteiger charge is -2.32. The van der Waals surface area contributed by atoms with Gasteiger partial charge in [0.2, 0.25) is 0 Å². The number of nitrogen functional groups attached to an aromatic ring is 1. The maximum atomic E-state index is 12.1. The average molecular weight is 379 g/mol. The smallest absolute Gasteiger partial charge is 0.410 e. The number of rotatable bonds is 2. The van der Waals surface area contributed by atoms with Crippen LogP contribution in [0, 0.1) is 0 Å². The van der Waals surface area contributed by atoms with Crippen LogP contribution in [-0.4, -0.2) is 39.7 Å². The Morgan fingerprint density at radius 1 is 1.31 bits per heavy atom. The number of hydrogen-bond acceptors (Lipinski definition) is 6. The monoisotopic (exact) mass is 378 g/mol. The number of piperidine rings is 1. The van der Waals surface area contributed by atoms with Crippen molar-refractivity contribution in [2.24, 2.45) is 0 Å². The largest absolute Gasteiger partial charge is 0.444 e. The van der Waals surface area contributed by atoms with Crippen LogP contribution in [0.15, 0.2) is 22.9 Å². The van der Waals surface area contributed by atoms with Gasteiger partial charge in [-0.2, -0.15) is 0 Å². The molecule has 1 aliphatic heterocycles. The van der Waals surface area contributed by atoms with Gasteiger partial charge in [0.05, 0.1) is 11.2 Å². The molecule has 3 heterocycles. The SMILES string of the molecule is CC(C)(C)OC(=O)N1CCC(c2ncc(-c3cc(N)ncc3Cl)o2)CC1. The molecule has 0 unspecified atom stereocenters. The number of likely N-dealkylation sites (tertiary alicyclic amines) is 1. The van der Waals surface area contributed by atoms with E-state index in [4.69, 9.17) is 26.5 Å². The predicted molar refractivity (Wildman–Crippen MR) is 98.9 cm³/mol. The molecule has 7 nitrogen and oxygen atoms in total. The van der Waals surface area contributed by atoms with Gasteiger partial charge in [-0.15, -0.1) is 0 Å². The van der Waals surface area contributed by atoms with Gasteiger partial charge < -0.3 is 19.8 Å². The highest BCUT2D eigenvalue weighted by Crippen LogP contribution is 2.33. The Kier molecular flexibility index (Phi) is 5.09. The number of hydrogen-bond donors (Lipinski definition) is 1. The van der Waals surface area contributed by atoms with Crippen LogP contribution in [0.2, 0.25) is 5.02 Å². The Balaban J connectivity index is 1.65. The van der Waals surface area contributed by atoms with Crippen molar-refractivity contribution in [3.05, 3.63) is 29.4 Å². The van der Waals surface area contributed by atoms with E-state index >= 15 is 0 Å². The van der Waals surface area contributed by atoms with Crippen molar-refractivity contribution in [2.75, 3.05) is 18.8 Å². The zero-order valence-electron chi connectivity index (χ0n) is 15.2. The van der Waals surface area contributed by atoms with Crippen molar-refractivity contribution >= 4 is 23.5 Å². The molecule has 1 fully saturated rings. The van der Waals surface area contributed by atoms with E-state index in [1.165, 1.54) is 6.20 Å². The summed E-state index contributed by atoms with van der Waals surface area (Å²) in [5.74, 6) is 1.73. The molecule has 3 rings (SSSR count). The van der Waals surface area contributed by atoms with E-state index in [1.54, 1.807) is 17.2 Å². The van der Waals surface area contributed by atoms with Crippen LogP contribution in [-0.2, 0) is 4.74 Å². The number of carbonyl (C=O) groups excluding carboxylic acids is 1. The highest BCUT2D eigenvalue weighted by molar-refractivity contribution is 6.33. The molecule has 0 atom stereocenters. The molecule has 0 radical (unpaired) electrons. The maximum Gasteiger partial charge on any atom is 0.410 e. The number of halogens is 1. The minimum atomic E-state index is -0.489. The van der Waals surface area contributed by atoms with Crippen LogP contribution in [0.4, 0.5) is 10.6 Å². The normalized spacial score (nSPS) is 15.9. The summed E-state index contributed by atoms with van der Waals surface area (Å²) in [4.78, 5) is 22.2. The molecule has 1 saturated heterocycles. The predicted octanol–water partition coefficient (Wildman–Crippen LogP) is 4.09. The Bertz CT molecular complexity index is 792. The third-order valence-electron chi connectivity index (χ3n) is 4.16. The maximum absolute atomic E-state index is 12.1. The molecule has 26 heavy (non-hydrogen) atoms. The minimum absolute atomic E-state index is 0.153. The molecule has 8 heteroatoms. The van der Waals surface area contributed by atoms with E-state index in [0.717, 1.165) is 12.8 Å². The van der Waals surface area contributed by atoms with Crippen molar-refractivity contribution in [1.29, 1.82) is 0 Å². The topological polar surface area (TPSA) is 94.5 Å². The first-order chi connectivity index (χ1) is 12.2. The summed E-state index contributed by atoms with van der Waals surface area (Å²) >= 11 is 6.17. The van der Waals surface area contributed by atoms with Crippen LogP contribution < -0.4 is 5.73 Å². The first kappa shape index (κ1) is 18.5. The number of amides is 1. The molecule has 0 saturated carbocycles. The van der Waals surface area contributed by atoms with E-state index in [1.807, 2.05) is 20.8 Å². The van der Waals surface area contributed by atoms with Gasteiger partial charge in [0.1, 0.15) is 11.4 Å². The van der Waals surface area contributed by atoms with Gasteiger partial charge in [0.25, 0.3) is 0 Å². The zero-order chi connectivity index (χ0) is 18.9. The quantitative estimate of drug-likeness (QED) is 0.845. The van der Waals surface area contributed by atoms with Gasteiger partial charge in [0.15, 0.2) is 11.7 Å². The van der Waals surface area contributed by atoms with Crippen molar-refractivity contribution < 1.29 is 13.9 Å². The van der Waals surface area contributed by atoms with Gasteiger partial charge in [-0.25, -0.2) is 14.8 Å². The van der Waals surface area contributed by atoms with Gasteiger partial charge in [-0.3, -0.25) is 0 Å². The number of oxazole rings is 1. The summed E-state index contributed by atoms with van der Waals surface area (Å²) in [5, 5.41) is 0.460. The summed E-state index contributed by atoms with van der Waals surface area (Å²) in [6.07, 6.45) is 4.41. The van der Waals surface area contributed by atoms with Gasteiger partial charge >= 0.3 is 6.09 Å². The van der Waals surface area contributed by atoms with E-state index in [0.29, 0.717) is 41.1 Å². The summed E-state index contributed by atoms with van der Waals surface area (Å²) in [6.45, 7) is 6.81. The van der Waals surface area contributed by atoms with E-state index in [-0.39, 0.29) is 12.0 Å². The summed E-state index contributed by atoms with van der Waals surface area (Å²) in [7, 11) is 0. The van der Waals surface area contributed by atoms with Crippen LogP contribution in [0.3, 0.4) is 0 Å². The number of nitrogens with zero attached hydrogens (tertiary/aromatic N) is 3. The fraction of sp³-hybridized carbons (Fsp3) is 0.500. The highest BCUT2D eigenvalue weighted by Gasteiger charge is 2.29. The number of pyridine rings is 1. The van der Waals surface area contributed by atoms with E-state index in [9.17, 15) is 4.79 Å². The second kappa shape index (κ2) is 7.15. The van der Waals surface area contributed by atoms with Crippen LogP contribution in [0.1, 0.15) is 45.4 Å². The summed E-state index contributed by atoms with van der Waals surface area (Å²) in [5.41, 5.74) is 5.90. The molecule has 2 aromatic rings. The standard InChI is InChI=1S/C18H23ClN4O3/c1-18(2,3)26-17(24)23-6-4-11(5-7-23)16-22-10-14(25-16)12-8-15(20)21-9-13(12)19/h8-11H,4-7H2,1-3H3,(H2,20,21). The summed E-state index contributed by atoms with van der Waals surface area (Å²) in [6, 6.07) is 1.66. The van der Waals surface area contributed by atoms with Crippen molar-refractivity contribution in [3.8, 4) is 11.3 Å². The minimum Gasteiger partial charge on any atom is -0.444 e.